The molecule has 0 unspecified atom stereocenters. The van der Waals surface area contributed by atoms with E-state index in [9.17, 15) is 0 Å². The van der Waals surface area contributed by atoms with Crippen molar-refractivity contribution in [2.75, 3.05) is 43.1 Å². The molecule has 8 heteroatoms. The summed E-state index contributed by atoms with van der Waals surface area (Å²) < 4.78 is 5.21. The monoisotopic (exact) mass is 399 g/mol. The molecular formula is C22H21N7O. The van der Waals surface area contributed by atoms with Crippen LogP contribution in [0.3, 0.4) is 0 Å². The Morgan fingerprint density at radius 3 is 2.43 bits per heavy atom. The summed E-state index contributed by atoms with van der Waals surface area (Å²) >= 11 is 0. The number of nitrogens with zero attached hydrogens (tertiary/aromatic N) is 7. The highest BCUT2D eigenvalue weighted by atomic mass is 16.5. The van der Waals surface area contributed by atoms with Crippen LogP contribution in [0.5, 0.6) is 5.88 Å². The molecule has 0 spiro atoms. The molecule has 0 aliphatic carbocycles. The number of benzene rings is 1. The van der Waals surface area contributed by atoms with Crippen molar-refractivity contribution in [3.8, 4) is 17.3 Å². The Bertz CT molecular complexity index is 1160. The van der Waals surface area contributed by atoms with E-state index in [0.717, 1.165) is 54.3 Å². The van der Waals surface area contributed by atoms with Crippen molar-refractivity contribution in [3.05, 3.63) is 61.2 Å². The summed E-state index contributed by atoms with van der Waals surface area (Å²) in [4.78, 5) is 27.2. The van der Waals surface area contributed by atoms with Crippen molar-refractivity contribution in [1.82, 2.24) is 24.9 Å². The average molecular weight is 399 g/mol. The smallest absolute Gasteiger partial charge is 0.233 e. The number of para-hydroxylation sites is 1. The lowest BCUT2D eigenvalue weighted by Crippen LogP contribution is -2.47. The van der Waals surface area contributed by atoms with Crippen LogP contribution in [-0.2, 0) is 0 Å². The van der Waals surface area contributed by atoms with Gasteiger partial charge in [-0.1, -0.05) is 12.1 Å². The molecule has 5 rings (SSSR count). The Morgan fingerprint density at radius 1 is 0.800 bits per heavy atom. The number of hydrogen-bond acceptors (Lipinski definition) is 8. The van der Waals surface area contributed by atoms with Gasteiger partial charge in [-0.05, 0) is 24.3 Å². The largest absolute Gasteiger partial charge is 0.480 e. The Kier molecular flexibility index (Phi) is 4.80. The van der Waals surface area contributed by atoms with Gasteiger partial charge in [0, 0.05) is 49.5 Å². The van der Waals surface area contributed by atoms with Crippen molar-refractivity contribution in [3.63, 3.8) is 0 Å². The summed E-state index contributed by atoms with van der Waals surface area (Å²) in [6.07, 6.45) is 6.95. The minimum absolute atomic E-state index is 0.526. The van der Waals surface area contributed by atoms with Crippen LogP contribution in [0.25, 0.3) is 22.3 Å². The highest BCUT2D eigenvalue weighted by Gasteiger charge is 2.22. The molecule has 1 aromatic carbocycles. The van der Waals surface area contributed by atoms with Gasteiger partial charge in [-0.3, -0.25) is 9.97 Å². The molecule has 4 heterocycles. The second-order valence-corrected chi connectivity index (χ2v) is 7.02. The van der Waals surface area contributed by atoms with Crippen molar-refractivity contribution >= 4 is 22.5 Å². The van der Waals surface area contributed by atoms with Crippen LogP contribution in [0.15, 0.2) is 61.2 Å². The zero-order valence-electron chi connectivity index (χ0n) is 16.6. The standard InChI is InChI=1S/C22H21N7O/c1-30-20-15-24-14-19(26-20)28-9-11-29(12-10-28)22-17-6-2-3-7-18(17)25-21(27-22)16-5-4-8-23-13-16/h2-8,13-15H,9-12H2,1H3. The van der Waals surface area contributed by atoms with Crippen LogP contribution in [0.1, 0.15) is 0 Å². The molecule has 8 nitrogen and oxygen atoms in total. The maximum atomic E-state index is 5.21. The minimum Gasteiger partial charge on any atom is -0.480 e. The molecule has 1 aliphatic rings. The number of fused-ring (bicyclic) bond motifs is 1. The maximum Gasteiger partial charge on any atom is 0.233 e. The number of aromatic nitrogens is 5. The van der Waals surface area contributed by atoms with E-state index < -0.39 is 0 Å². The van der Waals surface area contributed by atoms with Gasteiger partial charge in [0.2, 0.25) is 5.88 Å². The van der Waals surface area contributed by atoms with Crippen LogP contribution in [0.4, 0.5) is 11.6 Å². The third-order valence-corrected chi connectivity index (χ3v) is 5.21. The fourth-order valence-electron chi connectivity index (χ4n) is 3.66. The van der Waals surface area contributed by atoms with E-state index in [1.165, 1.54) is 0 Å². The Hall–Kier alpha value is -3.81. The van der Waals surface area contributed by atoms with E-state index in [1.807, 2.05) is 30.3 Å². The summed E-state index contributed by atoms with van der Waals surface area (Å²) in [5.74, 6) is 3.00. The SMILES string of the molecule is COc1cncc(N2CCN(c3nc(-c4cccnc4)nc4ccccc34)CC2)n1. The van der Waals surface area contributed by atoms with Crippen molar-refractivity contribution in [2.24, 2.45) is 0 Å². The lowest BCUT2D eigenvalue weighted by atomic mass is 10.2. The third-order valence-electron chi connectivity index (χ3n) is 5.21. The maximum absolute atomic E-state index is 5.21. The van der Waals surface area contributed by atoms with Crippen molar-refractivity contribution < 1.29 is 4.74 Å². The fraction of sp³-hybridized carbons (Fsp3) is 0.227. The minimum atomic E-state index is 0.526. The number of anilines is 2. The van der Waals surface area contributed by atoms with E-state index >= 15 is 0 Å². The molecule has 4 aromatic rings. The van der Waals surface area contributed by atoms with Gasteiger partial charge in [0.15, 0.2) is 11.6 Å². The van der Waals surface area contributed by atoms with Gasteiger partial charge < -0.3 is 14.5 Å². The van der Waals surface area contributed by atoms with Gasteiger partial charge in [0.1, 0.15) is 5.82 Å². The Labute approximate surface area is 174 Å². The molecule has 30 heavy (non-hydrogen) atoms. The molecule has 0 bridgehead atoms. The van der Waals surface area contributed by atoms with Gasteiger partial charge in [0.05, 0.1) is 25.0 Å². The number of rotatable bonds is 4. The summed E-state index contributed by atoms with van der Waals surface area (Å²) in [6, 6.07) is 12.0. The summed E-state index contributed by atoms with van der Waals surface area (Å²) in [6.45, 7) is 3.30. The highest BCUT2D eigenvalue weighted by Crippen LogP contribution is 2.28. The number of hydrogen-bond donors (Lipinski definition) is 0. The lowest BCUT2D eigenvalue weighted by Gasteiger charge is -2.36. The highest BCUT2D eigenvalue weighted by molar-refractivity contribution is 5.91. The van der Waals surface area contributed by atoms with Gasteiger partial charge >= 0.3 is 0 Å². The van der Waals surface area contributed by atoms with E-state index in [-0.39, 0.29) is 0 Å². The molecule has 150 valence electrons. The molecule has 1 fully saturated rings. The molecule has 1 saturated heterocycles. The normalized spacial score (nSPS) is 14.2. The first-order valence-electron chi connectivity index (χ1n) is 9.85. The van der Waals surface area contributed by atoms with Crippen LogP contribution >= 0.6 is 0 Å². The zero-order valence-corrected chi connectivity index (χ0v) is 16.6. The van der Waals surface area contributed by atoms with Gasteiger partial charge in [-0.2, -0.15) is 4.98 Å². The van der Waals surface area contributed by atoms with E-state index in [1.54, 1.807) is 31.9 Å². The molecule has 3 aromatic heterocycles. The average Bonchev–Trinajstić information content (AvgIpc) is 2.84. The number of pyridine rings is 1. The molecule has 1 aliphatic heterocycles. The summed E-state index contributed by atoms with van der Waals surface area (Å²) in [5, 5.41) is 1.06. The second-order valence-electron chi connectivity index (χ2n) is 7.02. The van der Waals surface area contributed by atoms with Gasteiger partial charge in [0.25, 0.3) is 0 Å². The van der Waals surface area contributed by atoms with Crippen LogP contribution < -0.4 is 14.5 Å². The topological polar surface area (TPSA) is 80.2 Å². The summed E-state index contributed by atoms with van der Waals surface area (Å²) in [5.41, 5.74) is 1.84. The zero-order chi connectivity index (χ0) is 20.3. The molecular weight excluding hydrogens is 378 g/mol. The fourth-order valence-corrected chi connectivity index (χ4v) is 3.66. The molecule has 0 atom stereocenters. The quantitative estimate of drug-likeness (QED) is 0.518. The molecule has 0 N–H and O–H groups in total. The predicted molar refractivity (Wildman–Crippen MR) is 116 cm³/mol. The van der Waals surface area contributed by atoms with Gasteiger partial charge in [-0.15, -0.1) is 0 Å². The molecule has 0 saturated carbocycles. The summed E-state index contributed by atoms with van der Waals surface area (Å²) in [7, 11) is 1.60. The van der Waals surface area contributed by atoms with Crippen molar-refractivity contribution in [2.45, 2.75) is 0 Å². The van der Waals surface area contributed by atoms with Crippen LogP contribution in [0, 0.1) is 0 Å². The molecule has 0 radical (unpaired) electrons. The lowest BCUT2D eigenvalue weighted by molar-refractivity contribution is 0.395. The Morgan fingerprint density at radius 2 is 1.63 bits per heavy atom. The third kappa shape index (κ3) is 3.47. The molecule has 0 amide bonds. The first kappa shape index (κ1) is 18.2. The van der Waals surface area contributed by atoms with Crippen molar-refractivity contribution in [1.29, 1.82) is 0 Å². The number of methoxy groups -OCH3 is 1. The van der Waals surface area contributed by atoms with E-state index in [0.29, 0.717) is 11.7 Å². The Balaban J connectivity index is 1.45. The van der Waals surface area contributed by atoms with Gasteiger partial charge in [-0.25, -0.2) is 9.97 Å². The van der Waals surface area contributed by atoms with E-state index in [4.69, 9.17) is 14.7 Å². The second kappa shape index (κ2) is 7.90. The van der Waals surface area contributed by atoms with E-state index in [2.05, 4.69) is 30.8 Å². The number of piperazine rings is 1. The first-order chi connectivity index (χ1) is 14.8. The van der Waals surface area contributed by atoms with Crippen LogP contribution in [0.2, 0.25) is 0 Å². The predicted octanol–water partition coefficient (Wildman–Crippen LogP) is 2.82. The first-order valence-corrected chi connectivity index (χ1v) is 9.85. The number of ether oxygens (including phenoxy) is 1. The van der Waals surface area contributed by atoms with Crippen LogP contribution in [-0.4, -0.2) is 58.2 Å².